The number of fused-ring (bicyclic) bond motifs is 2. The summed E-state index contributed by atoms with van der Waals surface area (Å²) in [5, 5.41) is 11.6. The van der Waals surface area contributed by atoms with Crippen LogP contribution in [0.3, 0.4) is 0 Å². The fourth-order valence-electron chi connectivity index (χ4n) is 2.52. The highest BCUT2D eigenvalue weighted by molar-refractivity contribution is 8.13. The third kappa shape index (κ3) is 4.53. The van der Waals surface area contributed by atoms with Crippen LogP contribution in [0.25, 0.3) is 11.6 Å². The topological polar surface area (TPSA) is 180 Å². The molecule has 4 aromatic heterocycles. The van der Waals surface area contributed by atoms with Crippen molar-refractivity contribution in [2.24, 2.45) is 5.14 Å². The van der Waals surface area contributed by atoms with Crippen molar-refractivity contribution in [3.05, 3.63) is 34.9 Å². The fourth-order valence-corrected chi connectivity index (χ4v) is 3.49. The number of halogens is 1. The van der Waals surface area contributed by atoms with E-state index in [2.05, 4.69) is 30.1 Å². The van der Waals surface area contributed by atoms with Crippen molar-refractivity contribution in [3.8, 4) is 0 Å². The number of sulfonamides is 1. The molecule has 0 unspecified atom stereocenters. The Morgan fingerprint density at radius 1 is 0.767 bits per heavy atom. The van der Waals surface area contributed by atoms with Gasteiger partial charge in [-0.1, -0.05) is 0 Å². The van der Waals surface area contributed by atoms with Crippen LogP contribution in [-0.4, -0.2) is 56.0 Å². The van der Waals surface area contributed by atoms with Gasteiger partial charge in [-0.25, -0.2) is 41.0 Å². The quantitative estimate of drug-likeness (QED) is 0.390. The Morgan fingerprint density at radius 2 is 1.17 bits per heavy atom. The number of rotatable bonds is 2. The third-order valence-electron chi connectivity index (χ3n) is 3.67. The maximum atomic E-state index is 11.0. The minimum absolute atomic E-state index is 0.228. The fraction of sp³-hybridized carbons (Fsp3) is 0.286. The highest BCUT2D eigenvalue weighted by atomic mass is 35.7. The van der Waals surface area contributed by atoms with Gasteiger partial charge in [0, 0.05) is 33.5 Å². The summed E-state index contributed by atoms with van der Waals surface area (Å²) in [7, 11) is -2.65. The molecule has 4 aromatic rings. The second kappa shape index (κ2) is 7.50. The van der Waals surface area contributed by atoms with Crippen LogP contribution in [0.1, 0.15) is 22.8 Å². The van der Waals surface area contributed by atoms with Crippen molar-refractivity contribution in [1.82, 2.24) is 39.2 Å². The number of hydrogen-bond acceptors (Lipinski definition) is 10. The summed E-state index contributed by atoms with van der Waals surface area (Å²) in [5.74, 6) is 0.461. The van der Waals surface area contributed by atoms with Crippen LogP contribution in [0.5, 0.6) is 0 Å². The molecule has 2 N–H and O–H groups in total. The molecule has 0 fully saturated rings. The zero-order valence-electron chi connectivity index (χ0n) is 16.1. The maximum absolute atomic E-state index is 11.0. The molecule has 4 rings (SSSR count). The Labute approximate surface area is 175 Å². The van der Waals surface area contributed by atoms with Gasteiger partial charge >= 0.3 is 0 Å². The first-order valence-electron chi connectivity index (χ1n) is 8.15. The molecule has 0 aliphatic carbocycles. The molecule has 16 heteroatoms. The number of hydrogen-bond donors (Lipinski definition) is 1. The Balaban J connectivity index is 0.000000171. The first-order valence-corrected chi connectivity index (χ1v) is 12.0. The van der Waals surface area contributed by atoms with Crippen LogP contribution < -0.4 is 5.14 Å². The number of nitrogens with two attached hydrogens (primary N) is 1. The predicted molar refractivity (Wildman–Crippen MR) is 105 cm³/mol. The van der Waals surface area contributed by atoms with Crippen molar-refractivity contribution in [3.63, 3.8) is 0 Å². The molecule has 0 radical (unpaired) electrons. The number of aromatic nitrogens is 8. The highest BCUT2D eigenvalue weighted by Gasteiger charge is 2.19. The normalized spacial score (nSPS) is 12.2. The lowest BCUT2D eigenvalue weighted by Gasteiger charge is -1.97. The van der Waals surface area contributed by atoms with Crippen molar-refractivity contribution >= 4 is 41.3 Å². The number of aryl methyl sites for hydroxylation is 4. The molecule has 0 amide bonds. The van der Waals surface area contributed by atoms with Crippen LogP contribution >= 0.6 is 10.7 Å². The molecule has 4 heterocycles. The van der Waals surface area contributed by atoms with Crippen LogP contribution in [0.4, 0.5) is 0 Å². The minimum Gasteiger partial charge on any atom is -0.222 e. The third-order valence-corrected chi connectivity index (χ3v) is 5.38. The van der Waals surface area contributed by atoms with E-state index in [1.54, 1.807) is 39.8 Å². The van der Waals surface area contributed by atoms with Gasteiger partial charge in [-0.05, 0) is 39.8 Å². The van der Waals surface area contributed by atoms with Gasteiger partial charge in [0.1, 0.15) is 0 Å². The summed E-state index contributed by atoms with van der Waals surface area (Å²) in [6, 6.07) is 3.54. The van der Waals surface area contributed by atoms with E-state index < -0.39 is 29.4 Å². The van der Waals surface area contributed by atoms with Gasteiger partial charge in [0.25, 0.3) is 40.9 Å². The van der Waals surface area contributed by atoms with Crippen molar-refractivity contribution in [2.75, 3.05) is 0 Å². The van der Waals surface area contributed by atoms with Gasteiger partial charge in [-0.15, -0.1) is 10.2 Å². The van der Waals surface area contributed by atoms with Gasteiger partial charge in [0.15, 0.2) is 0 Å². The average Bonchev–Trinajstić information content (AvgIpc) is 3.18. The molecule has 0 aliphatic rings. The molecule has 13 nitrogen and oxygen atoms in total. The van der Waals surface area contributed by atoms with E-state index >= 15 is 0 Å². The van der Waals surface area contributed by atoms with Gasteiger partial charge in [-0.3, -0.25) is 0 Å². The first-order chi connectivity index (χ1) is 13.8. The Morgan fingerprint density at radius 3 is 1.57 bits per heavy atom. The van der Waals surface area contributed by atoms with E-state index in [9.17, 15) is 16.8 Å². The smallest absolute Gasteiger partial charge is 0.222 e. The summed E-state index contributed by atoms with van der Waals surface area (Å²) in [6.07, 6.45) is 0. The lowest BCUT2D eigenvalue weighted by atomic mass is 10.4. The summed E-state index contributed by atoms with van der Waals surface area (Å²) >= 11 is 0. The monoisotopic (exact) mass is 473 g/mol. The molecule has 0 bridgehead atoms. The van der Waals surface area contributed by atoms with Crippen molar-refractivity contribution < 1.29 is 16.8 Å². The van der Waals surface area contributed by atoms with Crippen LogP contribution in [0, 0.1) is 27.7 Å². The molecule has 0 atom stereocenters. The highest BCUT2D eigenvalue weighted by Crippen LogP contribution is 2.12. The maximum Gasteiger partial charge on any atom is 0.298 e. The van der Waals surface area contributed by atoms with E-state index in [4.69, 9.17) is 15.8 Å². The van der Waals surface area contributed by atoms with Crippen LogP contribution in [0.2, 0.25) is 0 Å². The van der Waals surface area contributed by atoms with E-state index in [1.807, 2.05) is 0 Å². The van der Waals surface area contributed by atoms with E-state index in [0.717, 1.165) is 22.8 Å². The lowest BCUT2D eigenvalue weighted by molar-refractivity contribution is 0.588. The zero-order valence-corrected chi connectivity index (χ0v) is 18.5. The largest absolute Gasteiger partial charge is 0.298 e. The molecular formula is C14H16ClN9O4S2. The molecule has 30 heavy (non-hydrogen) atoms. The Kier molecular flexibility index (Phi) is 5.48. The van der Waals surface area contributed by atoms with E-state index in [1.165, 1.54) is 9.03 Å². The summed E-state index contributed by atoms with van der Waals surface area (Å²) in [4.78, 5) is 15.5. The first kappa shape index (κ1) is 21.9. The standard InChI is InChI=1S/C7H7ClN4O2S.C7H9N5O2S/c2*1-4-3-5(2)12-6(9-4)10-7(11-12)15(8,13)14/h3H,1-2H3;3H,1-2H3,(H2,8,13,14). The second-order valence-corrected chi connectivity index (χ2v) is 10.2. The molecule has 0 saturated heterocycles. The van der Waals surface area contributed by atoms with Gasteiger partial charge in [0.2, 0.25) is 0 Å². The molecule has 160 valence electrons. The van der Waals surface area contributed by atoms with E-state index in [0.29, 0.717) is 0 Å². The van der Waals surface area contributed by atoms with Crippen LogP contribution in [0.15, 0.2) is 22.4 Å². The van der Waals surface area contributed by atoms with Crippen molar-refractivity contribution in [1.29, 1.82) is 0 Å². The molecule has 0 spiro atoms. The zero-order chi connectivity index (χ0) is 22.4. The average molecular weight is 474 g/mol. The molecular weight excluding hydrogens is 458 g/mol. The Hall–Kier alpha value is -2.75. The molecule has 0 aromatic carbocycles. The van der Waals surface area contributed by atoms with Gasteiger partial charge in [-0.2, -0.15) is 9.97 Å². The van der Waals surface area contributed by atoms with Crippen molar-refractivity contribution in [2.45, 2.75) is 38.0 Å². The van der Waals surface area contributed by atoms with E-state index in [-0.39, 0.29) is 11.6 Å². The van der Waals surface area contributed by atoms with Crippen LogP contribution in [-0.2, 0) is 19.1 Å². The SMILES string of the molecule is Cc1cc(C)n2nc(S(=O)(=O)Cl)nc2n1.Cc1cc(C)n2nc(S(N)(=O)=O)nc2n1. The molecule has 0 saturated carbocycles. The number of nitrogens with zero attached hydrogens (tertiary/aromatic N) is 8. The molecule has 0 aliphatic heterocycles. The Bertz CT molecular complexity index is 1380. The number of primary sulfonamides is 1. The van der Waals surface area contributed by atoms with Gasteiger partial charge < -0.3 is 0 Å². The minimum atomic E-state index is -3.91. The second-order valence-electron chi connectivity index (χ2n) is 6.27. The summed E-state index contributed by atoms with van der Waals surface area (Å²) in [5.41, 5.74) is 2.98. The predicted octanol–water partition coefficient (Wildman–Crippen LogP) is 0.0572. The summed E-state index contributed by atoms with van der Waals surface area (Å²) in [6.45, 7) is 7.14. The summed E-state index contributed by atoms with van der Waals surface area (Å²) < 4.78 is 46.7. The van der Waals surface area contributed by atoms with Gasteiger partial charge in [0.05, 0.1) is 0 Å². The lowest BCUT2D eigenvalue weighted by Crippen LogP contribution is -2.14.